The van der Waals surface area contributed by atoms with Crippen LogP contribution < -0.4 is 11.2 Å². The van der Waals surface area contributed by atoms with Gasteiger partial charge in [0, 0.05) is 0 Å². The number of esters is 1. The summed E-state index contributed by atoms with van der Waals surface area (Å²) in [6.07, 6.45) is 0. The molecule has 0 rings (SSSR count). The Morgan fingerprint density at radius 3 is 2.58 bits per heavy atom. The van der Waals surface area contributed by atoms with Gasteiger partial charge in [-0.05, 0) is 6.92 Å². The Hall–Kier alpha value is -1.14. The molecule has 0 heterocycles. The van der Waals surface area contributed by atoms with E-state index < -0.39 is 17.9 Å². The van der Waals surface area contributed by atoms with E-state index in [9.17, 15) is 9.59 Å². The van der Waals surface area contributed by atoms with Gasteiger partial charge in [0.05, 0.1) is 13.7 Å². The van der Waals surface area contributed by atoms with Gasteiger partial charge in [0.25, 0.3) is 5.91 Å². The lowest BCUT2D eigenvalue weighted by molar-refractivity contribution is -0.150. The normalized spacial score (nSPS) is 11.9. The van der Waals surface area contributed by atoms with Crippen LogP contribution in [0.4, 0.5) is 0 Å². The van der Waals surface area contributed by atoms with Gasteiger partial charge in [0.2, 0.25) is 0 Å². The largest absolute Gasteiger partial charge is 0.464 e. The summed E-state index contributed by atoms with van der Waals surface area (Å²) in [6, 6.07) is -1.33. The lowest BCUT2D eigenvalue weighted by atomic mass is 10.3. The van der Waals surface area contributed by atoms with Crippen LogP contribution in [-0.2, 0) is 19.2 Å². The number of carbonyl (C=O) groups is 2. The molecule has 3 N–H and O–H groups in total. The third-order valence-corrected chi connectivity index (χ3v) is 1.03. The highest BCUT2D eigenvalue weighted by Gasteiger charge is 2.22. The SMILES string of the molecule is CCOC(=O)C(N)C(=O)NOC. The topological polar surface area (TPSA) is 90.7 Å². The number of carbonyl (C=O) groups excluding carboxylic acids is 2. The van der Waals surface area contributed by atoms with Crippen LogP contribution in [0.1, 0.15) is 6.92 Å². The average molecular weight is 176 g/mol. The molecule has 0 aromatic heterocycles. The molecule has 6 heteroatoms. The molecule has 1 atom stereocenters. The van der Waals surface area contributed by atoms with Gasteiger partial charge in [-0.25, -0.2) is 10.3 Å². The van der Waals surface area contributed by atoms with E-state index in [0.29, 0.717) is 0 Å². The molecule has 0 aliphatic heterocycles. The van der Waals surface area contributed by atoms with E-state index in [1.165, 1.54) is 7.11 Å². The fraction of sp³-hybridized carbons (Fsp3) is 0.667. The van der Waals surface area contributed by atoms with Crippen LogP contribution >= 0.6 is 0 Å². The molecule has 1 unspecified atom stereocenters. The molecule has 0 saturated carbocycles. The van der Waals surface area contributed by atoms with Crippen molar-refractivity contribution in [3.63, 3.8) is 0 Å². The number of hydroxylamine groups is 1. The second-order valence-corrected chi connectivity index (χ2v) is 1.90. The number of hydrogen-bond acceptors (Lipinski definition) is 5. The Labute approximate surface area is 70.0 Å². The van der Waals surface area contributed by atoms with Gasteiger partial charge >= 0.3 is 5.97 Å². The average Bonchev–Trinajstić information content (AvgIpc) is 2.04. The fourth-order valence-electron chi connectivity index (χ4n) is 0.503. The first-order valence-electron chi connectivity index (χ1n) is 3.38. The van der Waals surface area contributed by atoms with E-state index in [1.54, 1.807) is 6.92 Å². The van der Waals surface area contributed by atoms with E-state index in [4.69, 9.17) is 5.73 Å². The first kappa shape index (κ1) is 10.9. The number of nitrogens with two attached hydrogens (primary N) is 1. The predicted molar refractivity (Wildman–Crippen MR) is 39.8 cm³/mol. The molecule has 0 aromatic rings. The van der Waals surface area contributed by atoms with Crippen molar-refractivity contribution in [2.24, 2.45) is 5.73 Å². The summed E-state index contributed by atoms with van der Waals surface area (Å²) in [5.74, 6) is -1.50. The van der Waals surface area contributed by atoms with Crippen LogP contribution in [-0.4, -0.2) is 31.6 Å². The van der Waals surface area contributed by atoms with Crippen molar-refractivity contribution in [3.05, 3.63) is 0 Å². The number of ether oxygens (including phenoxy) is 1. The van der Waals surface area contributed by atoms with Crippen molar-refractivity contribution in [1.29, 1.82) is 0 Å². The Morgan fingerprint density at radius 2 is 2.17 bits per heavy atom. The standard InChI is InChI=1S/C6H12N2O4/c1-3-12-6(10)4(7)5(9)8-11-2/h4H,3,7H2,1-2H3,(H,8,9). The van der Waals surface area contributed by atoms with Gasteiger partial charge < -0.3 is 10.5 Å². The number of amides is 1. The highest BCUT2D eigenvalue weighted by atomic mass is 16.6. The zero-order chi connectivity index (χ0) is 9.56. The Morgan fingerprint density at radius 1 is 1.58 bits per heavy atom. The van der Waals surface area contributed by atoms with Gasteiger partial charge in [0.1, 0.15) is 0 Å². The van der Waals surface area contributed by atoms with Crippen LogP contribution in [0.15, 0.2) is 0 Å². The Kier molecular flexibility index (Phi) is 4.98. The first-order valence-corrected chi connectivity index (χ1v) is 3.38. The van der Waals surface area contributed by atoms with E-state index in [1.807, 2.05) is 5.48 Å². The van der Waals surface area contributed by atoms with Crippen LogP contribution in [0.5, 0.6) is 0 Å². The molecule has 12 heavy (non-hydrogen) atoms. The Bertz CT molecular complexity index is 153. The van der Waals surface area contributed by atoms with Gasteiger partial charge in [-0.15, -0.1) is 0 Å². The lowest BCUT2D eigenvalue weighted by Gasteiger charge is -2.08. The number of hydrogen-bond donors (Lipinski definition) is 2. The molecular weight excluding hydrogens is 164 g/mol. The van der Waals surface area contributed by atoms with E-state index in [2.05, 4.69) is 9.57 Å². The second-order valence-electron chi connectivity index (χ2n) is 1.90. The minimum Gasteiger partial charge on any atom is -0.464 e. The molecule has 0 aromatic carbocycles. The minimum absolute atomic E-state index is 0.187. The third-order valence-electron chi connectivity index (χ3n) is 1.03. The van der Waals surface area contributed by atoms with Crippen LogP contribution in [0.2, 0.25) is 0 Å². The summed E-state index contributed by atoms with van der Waals surface area (Å²) < 4.78 is 4.49. The van der Waals surface area contributed by atoms with Crippen molar-refractivity contribution in [1.82, 2.24) is 5.48 Å². The maximum absolute atomic E-state index is 10.8. The summed E-state index contributed by atoms with van der Waals surface area (Å²) in [6.45, 7) is 1.81. The van der Waals surface area contributed by atoms with Crippen LogP contribution in [0.25, 0.3) is 0 Å². The zero-order valence-corrected chi connectivity index (χ0v) is 6.99. The predicted octanol–water partition coefficient (Wildman–Crippen LogP) is -1.45. The van der Waals surface area contributed by atoms with Crippen LogP contribution in [0.3, 0.4) is 0 Å². The Balaban J connectivity index is 3.91. The molecular formula is C6H12N2O4. The molecule has 0 aliphatic rings. The molecule has 0 saturated heterocycles. The fourth-order valence-corrected chi connectivity index (χ4v) is 0.503. The van der Waals surface area contributed by atoms with Crippen molar-refractivity contribution >= 4 is 11.9 Å². The van der Waals surface area contributed by atoms with E-state index in [0.717, 1.165) is 0 Å². The van der Waals surface area contributed by atoms with Crippen molar-refractivity contribution in [2.45, 2.75) is 13.0 Å². The maximum atomic E-state index is 10.8. The molecule has 0 radical (unpaired) electrons. The molecule has 6 nitrogen and oxygen atoms in total. The molecule has 1 amide bonds. The van der Waals surface area contributed by atoms with Gasteiger partial charge in [-0.2, -0.15) is 0 Å². The van der Waals surface area contributed by atoms with Crippen molar-refractivity contribution in [2.75, 3.05) is 13.7 Å². The molecule has 0 fully saturated rings. The van der Waals surface area contributed by atoms with Crippen molar-refractivity contribution in [3.8, 4) is 0 Å². The monoisotopic (exact) mass is 176 g/mol. The highest BCUT2D eigenvalue weighted by Crippen LogP contribution is 1.85. The number of nitrogens with one attached hydrogen (secondary N) is 1. The summed E-state index contributed by atoms with van der Waals surface area (Å²) in [5.41, 5.74) is 7.09. The molecule has 0 aliphatic carbocycles. The van der Waals surface area contributed by atoms with Crippen LogP contribution in [0, 0.1) is 0 Å². The minimum atomic E-state index is -1.33. The summed E-state index contributed by atoms with van der Waals surface area (Å²) in [4.78, 5) is 25.9. The summed E-state index contributed by atoms with van der Waals surface area (Å²) in [5, 5.41) is 0. The van der Waals surface area contributed by atoms with E-state index in [-0.39, 0.29) is 6.61 Å². The highest BCUT2D eigenvalue weighted by molar-refractivity contribution is 6.01. The number of rotatable bonds is 4. The summed E-state index contributed by atoms with van der Waals surface area (Å²) in [7, 11) is 1.25. The van der Waals surface area contributed by atoms with Gasteiger partial charge in [0.15, 0.2) is 6.04 Å². The second kappa shape index (κ2) is 5.50. The lowest BCUT2D eigenvalue weighted by Crippen LogP contribution is -2.46. The first-order chi connectivity index (χ1) is 5.63. The van der Waals surface area contributed by atoms with Gasteiger partial charge in [-0.1, -0.05) is 0 Å². The quantitative estimate of drug-likeness (QED) is 0.311. The maximum Gasteiger partial charge on any atom is 0.332 e. The third kappa shape index (κ3) is 3.31. The molecule has 0 bridgehead atoms. The van der Waals surface area contributed by atoms with Gasteiger partial charge in [-0.3, -0.25) is 9.63 Å². The zero-order valence-electron chi connectivity index (χ0n) is 6.99. The van der Waals surface area contributed by atoms with Crippen molar-refractivity contribution < 1.29 is 19.2 Å². The van der Waals surface area contributed by atoms with E-state index >= 15 is 0 Å². The molecule has 0 spiro atoms. The molecule has 70 valence electrons. The smallest absolute Gasteiger partial charge is 0.332 e. The summed E-state index contributed by atoms with van der Waals surface area (Å²) >= 11 is 0.